The van der Waals surface area contributed by atoms with Crippen LogP contribution in [0.2, 0.25) is 0 Å². The lowest BCUT2D eigenvalue weighted by molar-refractivity contribution is -0.128. The minimum absolute atomic E-state index is 0.0148. The topological polar surface area (TPSA) is 66.8 Å². The summed E-state index contributed by atoms with van der Waals surface area (Å²) >= 11 is 3.42. The number of halogens is 1. The molecule has 0 saturated carbocycles. The van der Waals surface area contributed by atoms with Gasteiger partial charge in [-0.3, -0.25) is 4.79 Å². The van der Waals surface area contributed by atoms with Crippen LogP contribution >= 0.6 is 15.9 Å². The van der Waals surface area contributed by atoms with E-state index in [1.54, 1.807) is 18.2 Å². The summed E-state index contributed by atoms with van der Waals surface area (Å²) in [6.45, 7) is 0.666. The average molecular weight is 472 g/mol. The largest absolute Gasteiger partial charge is 0.465 e. The van der Waals surface area contributed by atoms with Gasteiger partial charge in [-0.1, -0.05) is 52.3 Å². The van der Waals surface area contributed by atoms with Gasteiger partial charge in [0.1, 0.15) is 0 Å². The molecule has 5 nitrogen and oxygen atoms in total. The number of hydrogen-bond donors (Lipinski definition) is 1. The zero-order chi connectivity index (χ0) is 21.5. The molecule has 6 heteroatoms. The Hall–Kier alpha value is -2.44. The quantitative estimate of drug-likeness (QED) is 0.456. The molecule has 3 rings (SSSR count). The molecule has 158 valence electrons. The maximum Gasteiger partial charge on any atom is 0.337 e. The second-order valence-electron chi connectivity index (χ2n) is 7.37. The summed E-state index contributed by atoms with van der Waals surface area (Å²) < 4.78 is 5.63. The van der Waals surface area contributed by atoms with Gasteiger partial charge < -0.3 is 14.7 Å². The number of aryl methyl sites for hydroxylation is 1. The van der Waals surface area contributed by atoms with Gasteiger partial charge >= 0.3 is 5.97 Å². The van der Waals surface area contributed by atoms with E-state index in [0.29, 0.717) is 18.5 Å². The van der Waals surface area contributed by atoms with Crippen molar-refractivity contribution in [3.05, 3.63) is 81.8 Å². The lowest BCUT2D eigenvalue weighted by atomic mass is 10.1. The lowest BCUT2D eigenvalue weighted by Crippen LogP contribution is -2.33. The van der Waals surface area contributed by atoms with E-state index in [9.17, 15) is 14.7 Å². The highest BCUT2D eigenvalue weighted by atomic mass is 79.9. The van der Waals surface area contributed by atoms with Crippen LogP contribution in [0.3, 0.4) is 0 Å². The van der Waals surface area contributed by atoms with Crippen LogP contribution in [0.5, 0.6) is 0 Å². The monoisotopic (exact) mass is 471 g/mol. The zero-order valence-electron chi connectivity index (χ0n) is 17.0. The van der Waals surface area contributed by atoms with Crippen LogP contribution in [0.25, 0.3) is 0 Å². The van der Waals surface area contributed by atoms with E-state index in [-0.39, 0.29) is 17.9 Å². The first kappa shape index (κ1) is 22.2. The molecule has 0 aliphatic carbocycles. The van der Waals surface area contributed by atoms with E-state index in [2.05, 4.69) is 15.9 Å². The Bertz CT molecular complexity index is 910. The first-order chi connectivity index (χ1) is 14.5. The van der Waals surface area contributed by atoms with Crippen molar-refractivity contribution in [3.8, 4) is 0 Å². The number of rotatable bonds is 8. The number of ether oxygens (including phenoxy) is 1. The number of hydrogen-bond acceptors (Lipinski definition) is 4. The number of esters is 1. The molecular formula is C24H26BrNO4. The lowest BCUT2D eigenvalue weighted by Gasteiger charge is -2.22. The molecule has 0 spiro atoms. The molecular weight excluding hydrogens is 446 g/mol. The summed E-state index contributed by atoms with van der Waals surface area (Å²) in [6.07, 6.45) is 5.98. The standard InChI is InChI=1S/C24H26BrNO4/c1-30-24(29)18-9-7-17(8-10-18)4-3-15-26-21(12-14-23(26)28)11-13-22(27)19-5-2-6-20(25)16-19/h2,5-11,13,16,21-22,27H,3-4,12,14-15H2,1H3/b13-11+/t21-,22?/m0/s1. The van der Waals surface area contributed by atoms with Gasteiger partial charge in [0.15, 0.2) is 0 Å². The molecule has 1 unspecified atom stereocenters. The van der Waals surface area contributed by atoms with Crippen molar-refractivity contribution in [1.82, 2.24) is 4.90 Å². The van der Waals surface area contributed by atoms with E-state index < -0.39 is 6.10 Å². The first-order valence-corrected chi connectivity index (χ1v) is 10.9. The Morgan fingerprint density at radius 2 is 2.07 bits per heavy atom. The molecule has 0 bridgehead atoms. The molecule has 0 radical (unpaired) electrons. The Morgan fingerprint density at radius 3 is 2.77 bits per heavy atom. The van der Waals surface area contributed by atoms with Gasteiger partial charge in [0, 0.05) is 17.4 Å². The van der Waals surface area contributed by atoms with Crippen LogP contribution in [0.15, 0.2) is 65.2 Å². The van der Waals surface area contributed by atoms with Crippen LogP contribution in [-0.2, 0) is 16.0 Å². The fourth-order valence-corrected chi connectivity index (χ4v) is 4.08. The minimum Gasteiger partial charge on any atom is -0.465 e. The van der Waals surface area contributed by atoms with Gasteiger partial charge in [0.2, 0.25) is 5.91 Å². The Kier molecular flexibility index (Phi) is 7.82. The predicted octanol–water partition coefficient (Wildman–Crippen LogP) is 4.45. The SMILES string of the molecule is COC(=O)c1ccc(CCCN2C(=O)CC[C@@H]2/C=C/C(O)c2cccc(Br)c2)cc1. The molecule has 1 N–H and O–H groups in total. The minimum atomic E-state index is -0.701. The molecule has 1 fully saturated rings. The molecule has 1 aliphatic rings. The number of aliphatic hydroxyl groups excluding tert-OH is 1. The summed E-state index contributed by atoms with van der Waals surface area (Å²) in [5, 5.41) is 10.4. The molecule has 1 heterocycles. The third kappa shape index (κ3) is 5.80. The fraction of sp³-hybridized carbons (Fsp3) is 0.333. The average Bonchev–Trinajstić information content (AvgIpc) is 3.11. The molecule has 2 atom stereocenters. The highest BCUT2D eigenvalue weighted by molar-refractivity contribution is 9.10. The van der Waals surface area contributed by atoms with Crippen molar-refractivity contribution in [2.45, 2.75) is 37.8 Å². The third-order valence-corrected chi connectivity index (χ3v) is 5.81. The summed E-state index contributed by atoms with van der Waals surface area (Å²) in [5.41, 5.74) is 2.46. The first-order valence-electron chi connectivity index (χ1n) is 10.1. The van der Waals surface area contributed by atoms with E-state index in [0.717, 1.165) is 34.9 Å². The number of aliphatic hydroxyl groups is 1. The van der Waals surface area contributed by atoms with E-state index in [1.165, 1.54) is 7.11 Å². The Morgan fingerprint density at radius 1 is 1.30 bits per heavy atom. The molecule has 2 aromatic rings. The second-order valence-corrected chi connectivity index (χ2v) is 8.29. The van der Waals surface area contributed by atoms with E-state index in [4.69, 9.17) is 4.74 Å². The van der Waals surface area contributed by atoms with Gasteiger partial charge in [0.05, 0.1) is 24.8 Å². The van der Waals surface area contributed by atoms with Gasteiger partial charge in [0.25, 0.3) is 0 Å². The van der Waals surface area contributed by atoms with Crippen molar-refractivity contribution in [3.63, 3.8) is 0 Å². The van der Waals surface area contributed by atoms with Gasteiger partial charge in [-0.2, -0.15) is 0 Å². The highest BCUT2D eigenvalue weighted by Crippen LogP contribution is 2.24. The summed E-state index contributed by atoms with van der Waals surface area (Å²) in [5.74, 6) is -0.188. The number of likely N-dealkylation sites (tertiary alicyclic amines) is 1. The van der Waals surface area contributed by atoms with Crippen molar-refractivity contribution in [2.24, 2.45) is 0 Å². The maximum absolute atomic E-state index is 12.3. The maximum atomic E-state index is 12.3. The molecule has 1 saturated heterocycles. The van der Waals surface area contributed by atoms with E-state index in [1.807, 2.05) is 47.4 Å². The number of carbonyl (C=O) groups is 2. The number of amides is 1. The van der Waals surface area contributed by atoms with E-state index >= 15 is 0 Å². The summed E-state index contributed by atoms with van der Waals surface area (Å²) in [4.78, 5) is 25.7. The van der Waals surface area contributed by atoms with Crippen LogP contribution in [0.4, 0.5) is 0 Å². The van der Waals surface area contributed by atoms with Crippen molar-refractivity contribution < 1.29 is 19.4 Å². The van der Waals surface area contributed by atoms with Gasteiger partial charge in [-0.05, 0) is 54.7 Å². The van der Waals surface area contributed by atoms with Crippen LogP contribution in [-0.4, -0.2) is 41.6 Å². The number of methoxy groups -OCH3 is 1. The number of carbonyl (C=O) groups excluding carboxylic acids is 2. The fourth-order valence-electron chi connectivity index (χ4n) is 3.66. The van der Waals surface area contributed by atoms with Gasteiger partial charge in [-0.15, -0.1) is 0 Å². The Labute approximate surface area is 185 Å². The van der Waals surface area contributed by atoms with Crippen molar-refractivity contribution >= 4 is 27.8 Å². The van der Waals surface area contributed by atoms with Crippen molar-refractivity contribution in [2.75, 3.05) is 13.7 Å². The number of benzene rings is 2. The smallest absolute Gasteiger partial charge is 0.337 e. The number of nitrogens with zero attached hydrogens (tertiary/aromatic N) is 1. The molecule has 2 aromatic carbocycles. The van der Waals surface area contributed by atoms with Crippen LogP contribution in [0.1, 0.15) is 46.9 Å². The molecule has 1 amide bonds. The van der Waals surface area contributed by atoms with Crippen molar-refractivity contribution in [1.29, 1.82) is 0 Å². The summed E-state index contributed by atoms with van der Waals surface area (Å²) in [6, 6.07) is 14.9. The van der Waals surface area contributed by atoms with Gasteiger partial charge in [-0.25, -0.2) is 4.79 Å². The van der Waals surface area contributed by atoms with Crippen LogP contribution < -0.4 is 0 Å². The Balaban J connectivity index is 1.54. The molecule has 0 aromatic heterocycles. The molecule has 30 heavy (non-hydrogen) atoms. The third-order valence-electron chi connectivity index (χ3n) is 5.32. The second kappa shape index (κ2) is 10.5. The zero-order valence-corrected chi connectivity index (χ0v) is 18.5. The summed E-state index contributed by atoms with van der Waals surface area (Å²) in [7, 11) is 1.37. The normalized spacial score (nSPS) is 17.5. The van der Waals surface area contributed by atoms with Crippen LogP contribution in [0, 0.1) is 0 Å². The molecule has 1 aliphatic heterocycles. The predicted molar refractivity (Wildman–Crippen MR) is 119 cm³/mol. The highest BCUT2D eigenvalue weighted by Gasteiger charge is 2.28.